The summed E-state index contributed by atoms with van der Waals surface area (Å²) < 4.78 is 5.52. The molecule has 17 heavy (non-hydrogen) atoms. The van der Waals surface area contributed by atoms with E-state index < -0.39 is 0 Å². The van der Waals surface area contributed by atoms with E-state index in [-0.39, 0.29) is 6.10 Å². The summed E-state index contributed by atoms with van der Waals surface area (Å²) in [6, 6.07) is 0.603. The third-order valence-electron chi connectivity index (χ3n) is 2.99. The summed E-state index contributed by atoms with van der Waals surface area (Å²) in [7, 11) is 0. The lowest BCUT2D eigenvalue weighted by atomic mass is 10.1. The average molecular weight is 241 g/mol. The Morgan fingerprint density at radius 3 is 2.53 bits per heavy atom. The Bertz CT molecular complexity index is 170. The molecule has 0 fully saturated rings. The molecule has 2 unspecified atom stereocenters. The van der Waals surface area contributed by atoms with Crippen LogP contribution in [0, 0.1) is 0 Å². The van der Waals surface area contributed by atoms with Crippen molar-refractivity contribution >= 4 is 0 Å². The van der Waals surface area contributed by atoms with Gasteiger partial charge in [0.05, 0.1) is 12.7 Å². The van der Waals surface area contributed by atoms with Crippen LogP contribution in [0.5, 0.6) is 0 Å². The quantitative estimate of drug-likeness (QED) is 0.413. The van der Waals surface area contributed by atoms with Crippen LogP contribution in [0.15, 0.2) is 12.7 Å². The Labute approximate surface area is 108 Å². The van der Waals surface area contributed by atoms with E-state index in [1.807, 2.05) is 0 Å². The average Bonchev–Trinajstić information content (AvgIpc) is 2.33. The summed E-state index contributed by atoms with van der Waals surface area (Å²) in [4.78, 5) is 0. The number of rotatable bonds is 12. The lowest BCUT2D eigenvalue weighted by molar-refractivity contribution is 0.0857. The summed E-state index contributed by atoms with van der Waals surface area (Å²) in [5.41, 5.74) is 0. The molecule has 0 aliphatic carbocycles. The van der Waals surface area contributed by atoms with Gasteiger partial charge in [-0.3, -0.25) is 0 Å². The normalized spacial score (nSPS) is 14.5. The van der Waals surface area contributed by atoms with Crippen molar-refractivity contribution in [3.8, 4) is 0 Å². The van der Waals surface area contributed by atoms with Crippen molar-refractivity contribution in [2.45, 2.75) is 71.4 Å². The second-order valence-corrected chi connectivity index (χ2v) is 4.94. The van der Waals surface area contributed by atoms with Crippen LogP contribution in [0.3, 0.4) is 0 Å². The van der Waals surface area contributed by atoms with Gasteiger partial charge in [0.15, 0.2) is 0 Å². The molecule has 0 bridgehead atoms. The molecular formula is C15H31NO. The van der Waals surface area contributed by atoms with E-state index in [4.69, 9.17) is 4.74 Å². The predicted octanol–water partition coefficient (Wildman–Crippen LogP) is 3.92. The van der Waals surface area contributed by atoms with Crippen molar-refractivity contribution in [2.75, 3.05) is 13.2 Å². The summed E-state index contributed by atoms with van der Waals surface area (Å²) in [5.74, 6) is 0. The number of ether oxygens (including phenoxy) is 1. The molecule has 2 heteroatoms. The summed E-state index contributed by atoms with van der Waals surface area (Å²) in [5, 5.41) is 3.52. The fourth-order valence-corrected chi connectivity index (χ4v) is 1.81. The third-order valence-corrected chi connectivity index (χ3v) is 2.99. The molecule has 0 saturated heterocycles. The van der Waals surface area contributed by atoms with Crippen LogP contribution in [0.2, 0.25) is 0 Å². The summed E-state index contributed by atoms with van der Waals surface area (Å²) in [6.07, 6.45) is 10.2. The SMILES string of the molecule is C=CCOC(C)CNC(C)CCCCCCC. The van der Waals surface area contributed by atoms with E-state index >= 15 is 0 Å². The van der Waals surface area contributed by atoms with Crippen molar-refractivity contribution in [2.24, 2.45) is 0 Å². The maximum absolute atomic E-state index is 5.52. The van der Waals surface area contributed by atoms with Gasteiger partial charge in [0.1, 0.15) is 0 Å². The third kappa shape index (κ3) is 11.9. The largest absolute Gasteiger partial charge is 0.373 e. The van der Waals surface area contributed by atoms with Gasteiger partial charge in [-0.05, 0) is 20.3 Å². The smallest absolute Gasteiger partial charge is 0.0675 e. The Kier molecular flexibility index (Phi) is 11.9. The molecule has 0 rings (SSSR count). The van der Waals surface area contributed by atoms with Gasteiger partial charge in [-0.2, -0.15) is 0 Å². The van der Waals surface area contributed by atoms with Crippen LogP contribution in [0.25, 0.3) is 0 Å². The molecule has 2 atom stereocenters. The Morgan fingerprint density at radius 2 is 1.88 bits per heavy atom. The van der Waals surface area contributed by atoms with Crippen molar-refractivity contribution in [1.29, 1.82) is 0 Å². The van der Waals surface area contributed by atoms with Crippen LogP contribution in [0.1, 0.15) is 59.3 Å². The molecule has 102 valence electrons. The monoisotopic (exact) mass is 241 g/mol. The zero-order valence-electron chi connectivity index (χ0n) is 12.0. The molecule has 0 saturated carbocycles. The zero-order chi connectivity index (χ0) is 12.9. The van der Waals surface area contributed by atoms with E-state index in [1.165, 1.54) is 38.5 Å². The minimum Gasteiger partial charge on any atom is -0.373 e. The summed E-state index contributed by atoms with van der Waals surface area (Å²) in [6.45, 7) is 11.9. The molecule has 0 aliphatic rings. The van der Waals surface area contributed by atoms with Gasteiger partial charge in [-0.25, -0.2) is 0 Å². The second-order valence-electron chi connectivity index (χ2n) is 4.94. The molecule has 0 radical (unpaired) electrons. The molecule has 2 nitrogen and oxygen atoms in total. The second kappa shape index (κ2) is 12.1. The highest BCUT2D eigenvalue weighted by atomic mass is 16.5. The highest BCUT2D eigenvalue weighted by Gasteiger charge is 2.04. The predicted molar refractivity (Wildman–Crippen MR) is 76.5 cm³/mol. The van der Waals surface area contributed by atoms with Crippen LogP contribution >= 0.6 is 0 Å². The van der Waals surface area contributed by atoms with Crippen molar-refractivity contribution in [1.82, 2.24) is 5.32 Å². The molecule has 0 heterocycles. The highest BCUT2D eigenvalue weighted by molar-refractivity contribution is 4.68. The highest BCUT2D eigenvalue weighted by Crippen LogP contribution is 2.07. The van der Waals surface area contributed by atoms with Crippen LogP contribution in [0.4, 0.5) is 0 Å². The maximum atomic E-state index is 5.52. The van der Waals surface area contributed by atoms with Gasteiger partial charge >= 0.3 is 0 Å². The van der Waals surface area contributed by atoms with Crippen LogP contribution in [-0.2, 0) is 4.74 Å². The van der Waals surface area contributed by atoms with Crippen molar-refractivity contribution < 1.29 is 4.74 Å². The van der Waals surface area contributed by atoms with E-state index in [1.54, 1.807) is 6.08 Å². The number of nitrogens with one attached hydrogen (secondary N) is 1. The van der Waals surface area contributed by atoms with Gasteiger partial charge in [-0.1, -0.05) is 45.1 Å². The van der Waals surface area contributed by atoms with E-state index in [0.717, 1.165) is 6.54 Å². The summed E-state index contributed by atoms with van der Waals surface area (Å²) >= 11 is 0. The molecule has 0 aromatic heterocycles. The molecule has 0 aromatic carbocycles. The topological polar surface area (TPSA) is 21.3 Å². The molecule has 0 aliphatic heterocycles. The first-order chi connectivity index (χ1) is 8.20. The minimum absolute atomic E-state index is 0.274. The fraction of sp³-hybridized carbons (Fsp3) is 0.867. The Morgan fingerprint density at radius 1 is 1.18 bits per heavy atom. The van der Waals surface area contributed by atoms with Crippen LogP contribution < -0.4 is 5.32 Å². The van der Waals surface area contributed by atoms with Crippen molar-refractivity contribution in [3.05, 3.63) is 12.7 Å². The first-order valence-corrected chi connectivity index (χ1v) is 7.16. The molecule has 0 aromatic rings. The van der Waals surface area contributed by atoms with E-state index in [2.05, 4.69) is 32.7 Å². The molecule has 1 N–H and O–H groups in total. The van der Waals surface area contributed by atoms with Gasteiger partial charge in [0.2, 0.25) is 0 Å². The fourth-order valence-electron chi connectivity index (χ4n) is 1.81. The Balaban J connectivity index is 3.32. The number of unbranched alkanes of at least 4 members (excludes halogenated alkanes) is 4. The number of hydrogen-bond acceptors (Lipinski definition) is 2. The van der Waals surface area contributed by atoms with Crippen molar-refractivity contribution in [3.63, 3.8) is 0 Å². The standard InChI is InChI=1S/C15H31NO/c1-5-7-8-9-10-11-14(3)16-13-15(4)17-12-6-2/h6,14-16H,2,5,7-13H2,1,3-4H3. The van der Waals surface area contributed by atoms with Gasteiger partial charge in [0.25, 0.3) is 0 Å². The first kappa shape index (κ1) is 16.7. The van der Waals surface area contributed by atoms with Gasteiger partial charge in [-0.15, -0.1) is 6.58 Å². The van der Waals surface area contributed by atoms with Crippen LogP contribution in [-0.4, -0.2) is 25.3 Å². The zero-order valence-corrected chi connectivity index (χ0v) is 12.0. The first-order valence-electron chi connectivity index (χ1n) is 7.16. The molecular weight excluding hydrogens is 210 g/mol. The molecule has 0 spiro atoms. The van der Waals surface area contributed by atoms with Gasteiger partial charge < -0.3 is 10.1 Å². The van der Waals surface area contributed by atoms with Gasteiger partial charge in [0, 0.05) is 12.6 Å². The minimum atomic E-state index is 0.274. The molecule has 0 amide bonds. The Hall–Kier alpha value is -0.340. The lowest BCUT2D eigenvalue weighted by Crippen LogP contribution is -2.33. The maximum Gasteiger partial charge on any atom is 0.0675 e. The number of hydrogen-bond donors (Lipinski definition) is 1. The van der Waals surface area contributed by atoms with E-state index in [9.17, 15) is 0 Å². The lowest BCUT2D eigenvalue weighted by Gasteiger charge is -2.17. The van der Waals surface area contributed by atoms with E-state index in [0.29, 0.717) is 12.6 Å².